The second-order valence-electron chi connectivity index (χ2n) is 5.71. The van der Waals surface area contributed by atoms with Gasteiger partial charge in [0.1, 0.15) is 5.15 Å². The highest BCUT2D eigenvalue weighted by Crippen LogP contribution is 2.32. The summed E-state index contributed by atoms with van der Waals surface area (Å²) >= 11 is 17.5. The smallest absolute Gasteiger partial charge is 0.358 e. The van der Waals surface area contributed by atoms with Crippen LogP contribution in [0.2, 0.25) is 15.2 Å². The lowest BCUT2D eigenvalue weighted by Gasteiger charge is -2.09. The molecule has 156 valence electrons. The molecule has 2 aromatic heterocycles. The van der Waals surface area contributed by atoms with Crippen LogP contribution in [0.25, 0.3) is 22.2 Å². The zero-order chi connectivity index (χ0) is 22.0. The molecule has 0 radical (unpaired) electrons. The van der Waals surface area contributed by atoms with Crippen LogP contribution in [0.3, 0.4) is 0 Å². The van der Waals surface area contributed by atoms with E-state index in [1.54, 1.807) is 18.3 Å². The van der Waals surface area contributed by atoms with Crippen molar-refractivity contribution in [3.05, 3.63) is 57.3 Å². The molecule has 0 amide bonds. The molecule has 2 aliphatic rings. The molecule has 0 spiro atoms. The predicted molar refractivity (Wildman–Crippen MR) is 110 cm³/mol. The third kappa shape index (κ3) is 4.00. The maximum Gasteiger partial charge on any atom is 0.358 e. The van der Waals surface area contributed by atoms with E-state index in [2.05, 4.69) is 24.4 Å². The van der Waals surface area contributed by atoms with Gasteiger partial charge in [0.2, 0.25) is 0 Å². The van der Waals surface area contributed by atoms with Crippen molar-refractivity contribution in [1.82, 2.24) is 19.7 Å². The van der Waals surface area contributed by atoms with Gasteiger partial charge in [-0.15, -0.1) is 0 Å². The van der Waals surface area contributed by atoms with E-state index in [4.69, 9.17) is 34.8 Å². The molecule has 12 heteroatoms. The Hall–Kier alpha value is -3.01. The monoisotopic (exact) mass is 470 g/mol. The summed E-state index contributed by atoms with van der Waals surface area (Å²) in [5.74, 6) is -1.23. The van der Waals surface area contributed by atoms with Gasteiger partial charge in [-0.1, -0.05) is 34.8 Å². The summed E-state index contributed by atoms with van der Waals surface area (Å²) in [5, 5.41) is 10.9. The molecule has 30 heavy (non-hydrogen) atoms. The Labute approximate surface area is 184 Å². The number of aromatic amines is 1. The zero-order valence-corrected chi connectivity index (χ0v) is 17.7. The molecule has 0 bridgehead atoms. The fraction of sp³-hybridized carbons (Fsp3) is 0.111. The summed E-state index contributed by atoms with van der Waals surface area (Å²) in [6.45, 7) is 0. The molecule has 2 N–H and O–H groups in total. The fourth-order valence-corrected chi connectivity index (χ4v) is 3.36. The number of hydrogen-bond acceptors (Lipinski definition) is 7. The lowest BCUT2D eigenvalue weighted by molar-refractivity contribution is 0.0545. The molecule has 0 unspecified atom stereocenters. The number of pyridine rings is 2. The fourth-order valence-electron chi connectivity index (χ4n) is 2.69. The summed E-state index contributed by atoms with van der Waals surface area (Å²) in [5.41, 5.74) is 1.66. The molecule has 4 heterocycles. The predicted octanol–water partition coefficient (Wildman–Crippen LogP) is 4.32. The molecule has 9 nitrogen and oxygen atoms in total. The molecular formula is C18H13Cl3N4O5. The van der Waals surface area contributed by atoms with Crippen molar-refractivity contribution in [2.75, 3.05) is 14.2 Å². The summed E-state index contributed by atoms with van der Waals surface area (Å²) < 4.78 is 9.80. The maximum atomic E-state index is 11.4. The minimum Gasteiger partial charge on any atom is -0.464 e. The van der Waals surface area contributed by atoms with Crippen molar-refractivity contribution in [3.8, 4) is 11.3 Å². The van der Waals surface area contributed by atoms with Gasteiger partial charge in [0.15, 0.2) is 11.4 Å². The highest BCUT2D eigenvalue weighted by atomic mass is 35.5. The molecule has 2 aromatic rings. The van der Waals surface area contributed by atoms with E-state index >= 15 is 0 Å². The van der Waals surface area contributed by atoms with Gasteiger partial charge < -0.3 is 19.7 Å². The second kappa shape index (κ2) is 8.78. The first-order valence-corrected chi connectivity index (χ1v) is 9.26. The Morgan fingerprint density at radius 2 is 1.83 bits per heavy atom. The van der Waals surface area contributed by atoms with Crippen LogP contribution in [0.1, 0.15) is 21.0 Å². The van der Waals surface area contributed by atoms with E-state index in [9.17, 15) is 14.8 Å². The minimum absolute atomic E-state index is 0.0301. The molecule has 2 aliphatic heterocycles. The molecule has 0 aromatic carbocycles. The number of methoxy groups -OCH3 is 2. The van der Waals surface area contributed by atoms with Crippen molar-refractivity contribution in [2.45, 2.75) is 0 Å². The SMILES string of the molecule is COC(=O)c1c2c(Cl)cnc-2ccn1O.COC(=O)c1nc(Cl)cc2[nH]cc(Cl)c12. The first-order chi connectivity index (χ1) is 14.3. The van der Waals surface area contributed by atoms with Gasteiger partial charge in [-0.2, -0.15) is 4.73 Å². The normalized spacial score (nSPS) is 10.6. The number of rotatable bonds is 2. The number of nitrogens with one attached hydrogen (secondary N) is 1. The van der Waals surface area contributed by atoms with Gasteiger partial charge in [0, 0.05) is 18.6 Å². The van der Waals surface area contributed by atoms with Crippen LogP contribution in [0, 0.1) is 0 Å². The van der Waals surface area contributed by atoms with Gasteiger partial charge in [0.05, 0.1) is 46.4 Å². The number of carbonyl (C=O) groups is 2. The number of halogens is 3. The molecule has 0 aliphatic carbocycles. The molecular weight excluding hydrogens is 459 g/mol. The number of fused-ring (bicyclic) bond motifs is 2. The topological polar surface area (TPSA) is 119 Å². The Kier molecular flexibility index (Phi) is 6.35. The zero-order valence-electron chi connectivity index (χ0n) is 15.4. The summed E-state index contributed by atoms with van der Waals surface area (Å²) in [6.07, 6.45) is 4.28. The number of aromatic nitrogens is 4. The minimum atomic E-state index is -0.669. The summed E-state index contributed by atoms with van der Waals surface area (Å²) in [7, 11) is 2.50. The average molecular weight is 472 g/mol. The molecule has 0 atom stereocenters. The number of carbonyl (C=O) groups excluding carboxylic acids is 2. The highest BCUT2D eigenvalue weighted by Gasteiger charge is 2.23. The number of esters is 2. The molecule has 0 saturated heterocycles. The summed E-state index contributed by atoms with van der Waals surface area (Å²) in [6, 6.07) is 3.14. The van der Waals surface area contributed by atoms with Crippen LogP contribution in [0.5, 0.6) is 0 Å². The highest BCUT2D eigenvalue weighted by molar-refractivity contribution is 6.37. The quantitative estimate of drug-likeness (QED) is 0.254. The maximum absolute atomic E-state index is 11.4. The van der Waals surface area contributed by atoms with Crippen molar-refractivity contribution in [1.29, 1.82) is 0 Å². The molecule has 4 rings (SSSR count). The van der Waals surface area contributed by atoms with Crippen LogP contribution in [-0.2, 0) is 9.47 Å². The van der Waals surface area contributed by atoms with Crippen molar-refractivity contribution < 1.29 is 24.3 Å². The van der Waals surface area contributed by atoms with E-state index < -0.39 is 11.9 Å². The molecule has 0 saturated carbocycles. The Balaban J connectivity index is 0.000000171. The van der Waals surface area contributed by atoms with Gasteiger partial charge in [0.25, 0.3) is 0 Å². The standard InChI is InChI=1S/C9H6Cl2N2O2.C9H7ClN2O3/c1-15-9(14)8-7-4(10)3-12-5(7)2-6(11)13-8;1-15-9(13)8-7-5(10)4-11-6(7)2-3-12(8)14/h2-3,12H,1H3;2-4,14H,1H3. The first kappa shape index (κ1) is 21.7. The lowest BCUT2D eigenvalue weighted by Crippen LogP contribution is -2.13. The lowest BCUT2D eigenvalue weighted by atomic mass is 10.1. The van der Waals surface area contributed by atoms with Gasteiger partial charge in [-0.3, -0.25) is 4.98 Å². The third-order valence-corrected chi connectivity index (χ3v) is 4.77. The van der Waals surface area contributed by atoms with Crippen LogP contribution in [0.4, 0.5) is 0 Å². The van der Waals surface area contributed by atoms with Crippen molar-refractivity contribution in [3.63, 3.8) is 0 Å². The molecule has 0 fully saturated rings. The largest absolute Gasteiger partial charge is 0.464 e. The van der Waals surface area contributed by atoms with Crippen LogP contribution in [-0.4, -0.2) is 51.0 Å². The van der Waals surface area contributed by atoms with Crippen LogP contribution in [0.15, 0.2) is 30.7 Å². The van der Waals surface area contributed by atoms with Crippen LogP contribution >= 0.6 is 34.8 Å². The van der Waals surface area contributed by atoms with E-state index in [0.717, 1.165) is 0 Å². The van der Waals surface area contributed by atoms with Gasteiger partial charge in [-0.25, -0.2) is 14.6 Å². The number of nitrogens with zero attached hydrogens (tertiary/aromatic N) is 3. The van der Waals surface area contributed by atoms with Gasteiger partial charge in [-0.05, 0) is 12.1 Å². The Morgan fingerprint density at radius 3 is 2.50 bits per heavy atom. The van der Waals surface area contributed by atoms with Crippen LogP contribution < -0.4 is 0 Å². The Morgan fingerprint density at radius 1 is 1.13 bits per heavy atom. The van der Waals surface area contributed by atoms with Crippen molar-refractivity contribution in [2.24, 2.45) is 0 Å². The number of hydrogen-bond donors (Lipinski definition) is 2. The van der Waals surface area contributed by atoms with E-state index in [1.165, 1.54) is 26.6 Å². The van der Waals surface area contributed by atoms with E-state index in [-0.39, 0.29) is 16.5 Å². The average Bonchev–Trinajstić information content (AvgIpc) is 3.29. The number of H-pyrrole nitrogens is 1. The number of ether oxygens (including phenoxy) is 2. The third-order valence-electron chi connectivity index (χ3n) is 3.99. The van der Waals surface area contributed by atoms with E-state index in [1.807, 2.05) is 0 Å². The van der Waals surface area contributed by atoms with E-state index in [0.29, 0.717) is 36.9 Å². The first-order valence-electron chi connectivity index (χ1n) is 8.13. The second-order valence-corrected chi connectivity index (χ2v) is 6.91. The van der Waals surface area contributed by atoms with Crippen molar-refractivity contribution >= 4 is 57.6 Å². The van der Waals surface area contributed by atoms with Gasteiger partial charge >= 0.3 is 11.9 Å². The Bertz CT molecular complexity index is 1220. The summed E-state index contributed by atoms with van der Waals surface area (Å²) in [4.78, 5) is 33.6.